The van der Waals surface area contributed by atoms with Gasteiger partial charge in [0.15, 0.2) is 0 Å². The molecule has 0 aromatic rings. The van der Waals surface area contributed by atoms with Gasteiger partial charge in [0.2, 0.25) is 15.9 Å². The normalized spacial score (nSPS) is 20.5. The Balaban J connectivity index is 2.96. The van der Waals surface area contributed by atoms with Crippen LogP contribution in [0, 0.1) is 0 Å². The molecule has 0 spiro atoms. The van der Waals surface area contributed by atoms with E-state index < -0.39 is 47.2 Å². The molecular weight excluding hydrogens is 317 g/mol. The second kappa shape index (κ2) is 6.18. The van der Waals surface area contributed by atoms with Crippen LogP contribution in [0.3, 0.4) is 0 Å². The van der Waals surface area contributed by atoms with Crippen molar-refractivity contribution < 1.29 is 36.3 Å². The number of aliphatic carboxylic acids is 1. The van der Waals surface area contributed by atoms with E-state index in [-0.39, 0.29) is 17.9 Å². The third-order valence-electron chi connectivity index (χ3n) is 2.92. The van der Waals surface area contributed by atoms with Crippen LogP contribution in [-0.4, -0.2) is 72.7 Å². The van der Waals surface area contributed by atoms with Crippen LogP contribution >= 0.6 is 0 Å². The number of nitrogens with zero attached hydrogens (tertiary/aromatic N) is 2. The minimum absolute atomic E-state index is 0.0299. The van der Waals surface area contributed by atoms with Crippen molar-refractivity contribution in [3.05, 3.63) is 0 Å². The summed E-state index contributed by atoms with van der Waals surface area (Å²) in [5.74, 6) is -2.74. The number of carbonyl (C=O) groups excluding carboxylic acids is 1. The zero-order valence-corrected chi connectivity index (χ0v) is 11.9. The number of rotatable bonds is 5. The molecule has 1 N–H and O–H groups in total. The number of hydrogen-bond donors (Lipinski definition) is 1. The van der Waals surface area contributed by atoms with Crippen LogP contribution in [0.5, 0.6) is 0 Å². The maximum Gasteiger partial charge on any atom is 0.406 e. The number of carbonyl (C=O) groups is 2. The zero-order valence-electron chi connectivity index (χ0n) is 11.1. The fraction of sp³-hybridized carbons (Fsp3) is 0.800. The summed E-state index contributed by atoms with van der Waals surface area (Å²) in [5.41, 5.74) is 0. The Morgan fingerprint density at radius 3 is 2.38 bits per heavy atom. The summed E-state index contributed by atoms with van der Waals surface area (Å²) in [5, 5.41) is 8.61. The van der Waals surface area contributed by atoms with E-state index in [1.165, 1.54) is 0 Å². The number of halogens is 3. The largest absolute Gasteiger partial charge is 0.480 e. The lowest BCUT2D eigenvalue weighted by molar-refractivity contribution is -0.167. The van der Waals surface area contributed by atoms with Crippen molar-refractivity contribution in [2.75, 3.05) is 25.9 Å². The van der Waals surface area contributed by atoms with E-state index in [0.717, 1.165) is 10.6 Å². The van der Waals surface area contributed by atoms with Crippen LogP contribution in [0.15, 0.2) is 0 Å². The van der Waals surface area contributed by atoms with Gasteiger partial charge in [0, 0.05) is 6.54 Å². The quantitative estimate of drug-likeness (QED) is 0.758. The van der Waals surface area contributed by atoms with E-state index in [1.807, 2.05) is 0 Å². The molecule has 1 aliphatic rings. The number of alkyl halides is 3. The highest BCUT2D eigenvalue weighted by molar-refractivity contribution is 7.88. The summed E-state index contributed by atoms with van der Waals surface area (Å²) in [6, 6.07) is -1.28. The van der Waals surface area contributed by atoms with Gasteiger partial charge < -0.3 is 10.0 Å². The molecule has 1 unspecified atom stereocenters. The fourth-order valence-corrected chi connectivity index (χ4v) is 3.30. The van der Waals surface area contributed by atoms with Gasteiger partial charge in [-0.25, -0.2) is 8.42 Å². The number of hydrogen-bond acceptors (Lipinski definition) is 4. The van der Waals surface area contributed by atoms with E-state index in [9.17, 15) is 31.2 Å². The van der Waals surface area contributed by atoms with Crippen LogP contribution in [0.2, 0.25) is 0 Å². The Hall–Kier alpha value is -1.36. The third kappa shape index (κ3) is 5.16. The highest BCUT2D eigenvalue weighted by atomic mass is 32.2. The number of amides is 1. The van der Waals surface area contributed by atoms with E-state index >= 15 is 0 Å². The first-order valence-electron chi connectivity index (χ1n) is 5.96. The van der Waals surface area contributed by atoms with Crippen molar-refractivity contribution in [1.29, 1.82) is 0 Å². The molecule has 1 fully saturated rings. The van der Waals surface area contributed by atoms with Crippen molar-refractivity contribution in [1.82, 2.24) is 9.21 Å². The van der Waals surface area contributed by atoms with Gasteiger partial charge in [-0.05, 0) is 12.8 Å². The monoisotopic (exact) mass is 332 g/mol. The highest BCUT2D eigenvalue weighted by Gasteiger charge is 2.42. The lowest BCUT2D eigenvalue weighted by Gasteiger charge is -2.28. The second-order valence-corrected chi connectivity index (χ2v) is 6.67. The average Bonchev–Trinajstić information content (AvgIpc) is 2.72. The lowest BCUT2D eigenvalue weighted by Crippen LogP contribution is -2.51. The molecule has 1 saturated heterocycles. The third-order valence-corrected chi connectivity index (χ3v) is 4.21. The molecule has 0 aromatic carbocycles. The molecule has 0 bridgehead atoms. The zero-order chi connectivity index (χ0) is 16.4. The minimum atomic E-state index is -4.76. The first-order chi connectivity index (χ1) is 9.42. The fourth-order valence-electron chi connectivity index (χ4n) is 2.19. The molecule has 0 aliphatic carbocycles. The molecule has 1 aliphatic heterocycles. The van der Waals surface area contributed by atoms with Crippen LogP contribution < -0.4 is 0 Å². The van der Waals surface area contributed by atoms with Gasteiger partial charge in [-0.2, -0.15) is 17.5 Å². The van der Waals surface area contributed by atoms with Gasteiger partial charge in [0.25, 0.3) is 0 Å². The van der Waals surface area contributed by atoms with Crippen molar-refractivity contribution in [2.24, 2.45) is 0 Å². The van der Waals surface area contributed by atoms with Crippen LogP contribution in [-0.2, 0) is 19.6 Å². The summed E-state index contributed by atoms with van der Waals surface area (Å²) < 4.78 is 61.0. The summed E-state index contributed by atoms with van der Waals surface area (Å²) >= 11 is 0. The predicted molar refractivity (Wildman–Crippen MR) is 64.8 cm³/mol. The summed E-state index contributed by atoms with van der Waals surface area (Å²) in [6.45, 7) is -2.83. The van der Waals surface area contributed by atoms with Gasteiger partial charge in [0.1, 0.15) is 19.1 Å². The number of carboxylic acids is 1. The summed E-state index contributed by atoms with van der Waals surface area (Å²) in [6.07, 6.45) is -3.51. The maximum atomic E-state index is 12.4. The Morgan fingerprint density at radius 2 is 1.95 bits per heavy atom. The van der Waals surface area contributed by atoms with Crippen molar-refractivity contribution in [3.8, 4) is 0 Å². The SMILES string of the molecule is CS(=O)(=O)N1CCCC1C(=O)N(CC(=O)O)CC(F)(F)F. The van der Waals surface area contributed by atoms with Gasteiger partial charge in [0.05, 0.1) is 6.26 Å². The van der Waals surface area contributed by atoms with Crippen LogP contribution in [0.1, 0.15) is 12.8 Å². The van der Waals surface area contributed by atoms with Gasteiger partial charge >= 0.3 is 12.1 Å². The Kier molecular flexibility index (Phi) is 5.20. The Morgan fingerprint density at radius 1 is 1.38 bits per heavy atom. The summed E-state index contributed by atoms with van der Waals surface area (Å²) in [7, 11) is -3.75. The Labute approximate surface area is 119 Å². The van der Waals surface area contributed by atoms with Gasteiger partial charge in [-0.15, -0.1) is 0 Å². The van der Waals surface area contributed by atoms with Gasteiger partial charge in [-0.3, -0.25) is 9.59 Å². The second-order valence-electron chi connectivity index (χ2n) is 4.73. The van der Waals surface area contributed by atoms with Crippen molar-refractivity contribution in [2.45, 2.75) is 25.1 Å². The molecule has 1 atom stereocenters. The standard InChI is InChI=1S/C10H15F3N2O5S/c1-21(19,20)15-4-2-3-7(15)9(18)14(5-8(16)17)6-10(11,12)13/h7H,2-6H2,1H3,(H,16,17). The minimum Gasteiger partial charge on any atom is -0.480 e. The van der Waals surface area contributed by atoms with E-state index in [2.05, 4.69) is 0 Å². The molecule has 21 heavy (non-hydrogen) atoms. The molecule has 1 amide bonds. The first kappa shape index (κ1) is 17.7. The molecule has 122 valence electrons. The molecule has 0 radical (unpaired) electrons. The number of carboxylic acid groups (broad SMARTS) is 1. The van der Waals surface area contributed by atoms with Gasteiger partial charge in [-0.1, -0.05) is 0 Å². The average molecular weight is 332 g/mol. The molecule has 1 rings (SSSR count). The number of sulfonamides is 1. The molecule has 7 nitrogen and oxygen atoms in total. The molecular formula is C10H15F3N2O5S. The van der Waals surface area contributed by atoms with Crippen molar-refractivity contribution in [3.63, 3.8) is 0 Å². The molecule has 0 saturated carbocycles. The Bertz CT molecular complexity index is 519. The van der Waals surface area contributed by atoms with E-state index in [1.54, 1.807) is 0 Å². The molecule has 11 heteroatoms. The predicted octanol–water partition coefficient (Wildman–Crippen LogP) is -0.114. The van der Waals surface area contributed by atoms with Crippen molar-refractivity contribution >= 4 is 21.9 Å². The van der Waals surface area contributed by atoms with Crippen LogP contribution in [0.4, 0.5) is 13.2 Å². The van der Waals surface area contributed by atoms with E-state index in [4.69, 9.17) is 5.11 Å². The molecule has 1 heterocycles. The topological polar surface area (TPSA) is 95.0 Å². The molecule has 0 aromatic heterocycles. The van der Waals surface area contributed by atoms with Crippen LogP contribution in [0.25, 0.3) is 0 Å². The maximum absolute atomic E-state index is 12.4. The van der Waals surface area contributed by atoms with E-state index in [0.29, 0.717) is 6.42 Å². The first-order valence-corrected chi connectivity index (χ1v) is 7.81. The summed E-state index contributed by atoms with van der Waals surface area (Å²) in [4.78, 5) is 22.8. The lowest BCUT2D eigenvalue weighted by atomic mass is 10.2. The highest BCUT2D eigenvalue weighted by Crippen LogP contribution is 2.24. The smallest absolute Gasteiger partial charge is 0.406 e.